The molecule has 100 valence electrons. The van der Waals surface area contributed by atoms with Crippen molar-refractivity contribution in [3.8, 4) is 0 Å². The summed E-state index contributed by atoms with van der Waals surface area (Å²) in [7, 11) is 0. The number of amides is 1. The Hall–Kier alpha value is -0.280. The zero-order valence-corrected chi connectivity index (χ0v) is 11.3. The molecule has 3 nitrogen and oxygen atoms in total. The average molecular weight is 262 g/mol. The van der Waals surface area contributed by atoms with Crippen molar-refractivity contribution in [1.29, 1.82) is 0 Å². The summed E-state index contributed by atoms with van der Waals surface area (Å²) in [5.41, 5.74) is 0. The molecule has 1 N–H and O–H groups in total. The van der Waals surface area contributed by atoms with Crippen LogP contribution in [-0.2, 0) is 4.79 Å². The highest BCUT2D eigenvalue weighted by Gasteiger charge is 2.24. The van der Waals surface area contributed by atoms with Crippen molar-refractivity contribution in [2.24, 2.45) is 0 Å². The predicted octanol–water partition coefficient (Wildman–Crippen LogP) is 2.55. The lowest BCUT2D eigenvalue weighted by Crippen LogP contribution is -2.43. The van der Waals surface area contributed by atoms with Crippen LogP contribution in [0.2, 0.25) is 0 Å². The molecule has 4 heteroatoms. The molecule has 0 aliphatic heterocycles. The highest BCUT2D eigenvalue weighted by Crippen LogP contribution is 2.23. The largest absolute Gasteiger partial charge is 0.395 e. The Morgan fingerprint density at radius 3 is 2.53 bits per heavy atom. The van der Waals surface area contributed by atoms with Crippen molar-refractivity contribution in [2.45, 2.75) is 57.4 Å². The minimum absolute atomic E-state index is 0.0672. The van der Waals surface area contributed by atoms with Gasteiger partial charge in [0.1, 0.15) is 0 Å². The molecule has 0 bridgehead atoms. The number of carbonyl (C=O) groups is 1. The van der Waals surface area contributed by atoms with E-state index in [1.165, 1.54) is 19.3 Å². The molecule has 0 radical (unpaired) electrons. The SMILES string of the molecule is O=C(CCCCCl)N(CCO)C1CCCCC1. The number of unbranched alkanes of at least 4 members (excludes halogenated alkanes) is 1. The van der Waals surface area contributed by atoms with Crippen LogP contribution in [-0.4, -0.2) is 41.0 Å². The van der Waals surface area contributed by atoms with E-state index in [-0.39, 0.29) is 12.5 Å². The maximum Gasteiger partial charge on any atom is 0.222 e. The molecule has 1 rings (SSSR count). The van der Waals surface area contributed by atoms with Gasteiger partial charge >= 0.3 is 0 Å². The van der Waals surface area contributed by atoms with Crippen LogP contribution in [0, 0.1) is 0 Å². The molecule has 1 aliphatic carbocycles. The fraction of sp³-hybridized carbons (Fsp3) is 0.923. The van der Waals surface area contributed by atoms with Gasteiger partial charge in [-0.15, -0.1) is 11.6 Å². The van der Waals surface area contributed by atoms with Crippen molar-refractivity contribution in [3.05, 3.63) is 0 Å². The fourth-order valence-corrected chi connectivity index (χ4v) is 2.71. The van der Waals surface area contributed by atoms with Gasteiger partial charge in [-0.25, -0.2) is 0 Å². The molecule has 0 unspecified atom stereocenters. The average Bonchev–Trinajstić information content (AvgIpc) is 2.37. The Bertz CT molecular complexity index is 217. The first-order valence-corrected chi connectivity index (χ1v) is 7.29. The Labute approximate surface area is 109 Å². The van der Waals surface area contributed by atoms with E-state index in [1.54, 1.807) is 0 Å². The van der Waals surface area contributed by atoms with Gasteiger partial charge in [0.2, 0.25) is 5.91 Å². The van der Waals surface area contributed by atoms with E-state index in [0.717, 1.165) is 25.7 Å². The van der Waals surface area contributed by atoms with Crippen molar-refractivity contribution in [3.63, 3.8) is 0 Å². The first-order chi connectivity index (χ1) is 8.29. The Morgan fingerprint density at radius 2 is 1.94 bits per heavy atom. The Kier molecular flexibility index (Phi) is 7.62. The van der Waals surface area contributed by atoms with Gasteiger partial charge in [0, 0.05) is 24.9 Å². The zero-order valence-electron chi connectivity index (χ0n) is 10.5. The third-order valence-electron chi connectivity index (χ3n) is 3.45. The molecular weight excluding hydrogens is 238 g/mol. The monoisotopic (exact) mass is 261 g/mol. The molecule has 1 saturated carbocycles. The lowest BCUT2D eigenvalue weighted by Gasteiger charge is -2.34. The zero-order chi connectivity index (χ0) is 12.5. The first kappa shape index (κ1) is 14.8. The van der Waals surface area contributed by atoms with Crippen LogP contribution in [0.3, 0.4) is 0 Å². The van der Waals surface area contributed by atoms with E-state index in [2.05, 4.69) is 0 Å². The minimum Gasteiger partial charge on any atom is -0.395 e. The summed E-state index contributed by atoms with van der Waals surface area (Å²) in [6.07, 6.45) is 8.22. The highest BCUT2D eigenvalue weighted by atomic mass is 35.5. The second-order valence-electron chi connectivity index (χ2n) is 4.75. The number of aliphatic hydroxyl groups is 1. The van der Waals surface area contributed by atoms with Gasteiger partial charge < -0.3 is 10.0 Å². The van der Waals surface area contributed by atoms with Crippen LogP contribution in [0.25, 0.3) is 0 Å². The van der Waals surface area contributed by atoms with Crippen LogP contribution < -0.4 is 0 Å². The van der Waals surface area contributed by atoms with E-state index in [1.807, 2.05) is 4.90 Å². The summed E-state index contributed by atoms with van der Waals surface area (Å²) in [6.45, 7) is 0.558. The third kappa shape index (κ3) is 5.26. The molecule has 0 spiro atoms. The lowest BCUT2D eigenvalue weighted by molar-refractivity contribution is -0.134. The molecule has 0 aromatic rings. The van der Waals surface area contributed by atoms with Crippen LogP contribution in [0.5, 0.6) is 0 Å². The maximum atomic E-state index is 12.1. The molecular formula is C13H24ClNO2. The minimum atomic E-state index is 0.0672. The summed E-state index contributed by atoms with van der Waals surface area (Å²) >= 11 is 5.61. The summed E-state index contributed by atoms with van der Waals surface area (Å²) in [4.78, 5) is 14.0. The summed E-state index contributed by atoms with van der Waals surface area (Å²) in [5.74, 6) is 0.813. The third-order valence-corrected chi connectivity index (χ3v) is 3.72. The topological polar surface area (TPSA) is 40.5 Å². The first-order valence-electron chi connectivity index (χ1n) is 6.76. The van der Waals surface area contributed by atoms with Gasteiger partial charge in [-0.05, 0) is 25.7 Å². The predicted molar refractivity (Wildman–Crippen MR) is 70.2 cm³/mol. The van der Waals surface area contributed by atoms with E-state index in [4.69, 9.17) is 16.7 Å². The molecule has 0 atom stereocenters. The standard InChI is InChI=1S/C13H24ClNO2/c14-9-5-4-8-13(17)15(10-11-16)12-6-2-1-3-7-12/h12,16H,1-11H2. The molecule has 1 amide bonds. The number of nitrogens with zero attached hydrogens (tertiary/aromatic N) is 1. The summed E-state index contributed by atoms with van der Waals surface area (Å²) in [6, 6.07) is 0.361. The Balaban J connectivity index is 2.42. The van der Waals surface area contributed by atoms with Crippen LogP contribution in [0.4, 0.5) is 0 Å². The number of hydrogen-bond donors (Lipinski definition) is 1. The molecule has 0 saturated heterocycles. The normalized spacial score (nSPS) is 17.1. The van der Waals surface area contributed by atoms with Gasteiger partial charge in [-0.2, -0.15) is 0 Å². The fourth-order valence-electron chi connectivity index (χ4n) is 2.53. The number of carbonyl (C=O) groups excluding carboxylic acids is 1. The summed E-state index contributed by atoms with van der Waals surface area (Å²) < 4.78 is 0. The molecule has 0 heterocycles. The number of hydrogen-bond acceptors (Lipinski definition) is 2. The van der Waals surface area contributed by atoms with Gasteiger partial charge in [-0.3, -0.25) is 4.79 Å². The molecule has 17 heavy (non-hydrogen) atoms. The second kappa shape index (κ2) is 8.76. The number of aliphatic hydroxyl groups excluding tert-OH is 1. The van der Waals surface area contributed by atoms with Crippen molar-refractivity contribution in [1.82, 2.24) is 4.90 Å². The van der Waals surface area contributed by atoms with Gasteiger partial charge in [0.25, 0.3) is 0 Å². The second-order valence-corrected chi connectivity index (χ2v) is 5.13. The number of rotatable bonds is 7. The summed E-state index contributed by atoms with van der Waals surface area (Å²) in [5, 5.41) is 9.07. The van der Waals surface area contributed by atoms with E-state index >= 15 is 0 Å². The van der Waals surface area contributed by atoms with Crippen LogP contribution in [0.15, 0.2) is 0 Å². The van der Waals surface area contributed by atoms with Crippen molar-refractivity contribution < 1.29 is 9.90 Å². The smallest absolute Gasteiger partial charge is 0.222 e. The molecule has 1 fully saturated rings. The van der Waals surface area contributed by atoms with Crippen molar-refractivity contribution >= 4 is 17.5 Å². The molecule has 1 aliphatic rings. The van der Waals surface area contributed by atoms with Crippen LogP contribution >= 0.6 is 11.6 Å². The maximum absolute atomic E-state index is 12.1. The van der Waals surface area contributed by atoms with E-state index in [9.17, 15) is 4.79 Å². The quantitative estimate of drug-likeness (QED) is 0.565. The Morgan fingerprint density at radius 1 is 1.24 bits per heavy atom. The van der Waals surface area contributed by atoms with Crippen LogP contribution in [0.1, 0.15) is 51.4 Å². The van der Waals surface area contributed by atoms with Gasteiger partial charge in [0.05, 0.1) is 6.61 Å². The van der Waals surface area contributed by atoms with E-state index < -0.39 is 0 Å². The molecule has 0 aromatic carbocycles. The number of alkyl halides is 1. The van der Waals surface area contributed by atoms with E-state index in [0.29, 0.717) is 24.9 Å². The van der Waals surface area contributed by atoms with Gasteiger partial charge in [-0.1, -0.05) is 19.3 Å². The number of halogens is 1. The molecule has 0 aromatic heterocycles. The lowest BCUT2D eigenvalue weighted by atomic mass is 9.94. The van der Waals surface area contributed by atoms with Crippen molar-refractivity contribution in [2.75, 3.05) is 19.0 Å². The highest BCUT2D eigenvalue weighted by molar-refractivity contribution is 6.17. The van der Waals surface area contributed by atoms with Gasteiger partial charge in [0.15, 0.2) is 0 Å².